The highest BCUT2D eigenvalue weighted by atomic mass is 16.4. The van der Waals surface area contributed by atoms with Gasteiger partial charge >= 0.3 is 12.0 Å². The van der Waals surface area contributed by atoms with Crippen molar-refractivity contribution in [2.75, 3.05) is 0 Å². The zero-order chi connectivity index (χ0) is 18.9. The average Bonchev–Trinajstić information content (AvgIpc) is 2.58. The highest BCUT2D eigenvalue weighted by Crippen LogP contribution is 2.08. The van der Waals surface area contributed by atoms with Gasteiger partial charge < -0.3 is 15.7 Å². The fourth-order valence-corrected chi connectivity index (χ4v) is 2.86. The number of urea groups is 1. The van der Waals surface area contributed by atoms with Crippen molar-refractivity contribution in [1.82, 2.24) is 15.6 Å². The number of hydrogen-bond donors (Lipinski definition) is 3. The Hall–Kier alpha value is -2.89. The number of aryl methyl sites for hydroxylation is 2. The highest BCUT2D eigenvalue weighted by molar-refractivity contribution is 5.74. The second-order valence-corrected chi connectivity index (χ2v) is 6.40. The minimum absolute atomic E-state index is 0.0144. The molecule has 1 aromatic carbocycles. The van der Waals surface area contributed by atoms with Gasteiger partial charge in [-0.05, 0) is 49.9 Å². The topological polar surface area (TPSA) is 91.3 Å². The number of aromatic nitrogens is 1. The van der Waals surface area contributed by atoms with Crippen LogP contribution in [-0.4, -0.2) is 28.1 Å². The third-order valence-corrected chi connectivity index (χ3v) is 3.96. The number of benzene rings is 1. The maximum atomic E-state index is 12.2. The Morgan fingerprint density at radius 1 is 1.08 bits per heavy atom. The quantitative estimate of drug-likeness (QED) is 0.679. The number of carboxylic acid groups (broad SMARTS) is 1. The van der Waals surface area contributed by atoms with Crippen LogP contribution in [-0.2, 0) is 17.8 Å². The molecule has 0 saturated carbocycles. The van der Waals surface area contributed by atoms with Crippen LogP contribution >= 0.6 is 0 Å². The van der Waals surface area contributed by atoms with Crippen LogP contribution in [0.15, 0.2) is 42.5 Å². The number of pyridine rings is 1. The minimum atomic E-state index is -0.868. The third-order valence-electron chi connectivity index (χ3n) is 3.96. The van der Waals surface area contributed by atoms with Gasteiger partial charge in [0.2, 0.25) is 0 Å². The minimum Gasteiger partial charge on any atom is -0.481 e. The second-order valence-electron chi connectivity index (χ2n) is 6.40. The molecule has 1 unspecified atom stereocenters. The first-order valence-electron chi connectivity index (χ1n) is 8.66. The summed E-state index contributed by atoms with van der Waals surface area (Å²) in [6.45, 7) is 4.23. The Bertz CT molecular complexity index is 727. The maximum absolute atomic E-state index is 12.2. The summed E-state index contributed by atoms with van der Waals surface area (Å²) in [5.41, 5.74) is 3.86. The molecule has 0 aliphatic carbocycles. The summed E-state index contributed by atoms with van der Waals surface area (Å²) in [5.74, 6) is -0.868. The molecule has 1 atom stereocenters. The Morgan fingerprint density at radius 2 is 1.73 bits per heavy atom. The van der Waals surface area contributed by atoms with E-state index in [0.717, 1.165) is 22.5 Å². The molecule has 2 amide bonds. The van der Waals surface area contributed by atoms with Gasteiger partial charge in [0.1, 0.15) is 0 Å². The molecule has 0 aliphatic heterocycles. The lowest BCUT2D eigenvalue weighted by Gasteiger charge is -2.19. The van der Waals surface area contributed by atoms with Crippen LogP contribution in [0.4, 0.5) is 4.79 Å². The molecule has 6 heteroatoms. The number of nitrogens with zero attached hydrogens (tertiary/aromatic N) is 1. The first-order valence-corrected chi connectivity index (χ1v) is 8.66. The van der Waals surface area contributed by atoms with Gasteiger partial charge in [0.25, 0.3) is 0 Å². The van der Waals surface area contributed by atoms with Crippen molar-refractivity contribution in [3.05, 3.63) is 65.0 Å². The van der Waals surface area contributed by atoms with Gasteiger partial charge in [-0.25, -0.2) is 4.79 Å². The van der Waals surface area contributed by atoms with Crippen LogP contribution in [0.2, 0.25) is 0 Å². The molecule has 2 aromatic rings. The lowest BCUT2D eigenvalue weighted by Crippen LogP contribution is -2.43. The summed E-state index contributed by atoms with van der Waals surface area (Å²) < 4.78 is 0. The number of aliphatic carboxylic acids is 1. The molecule has 3 N–H and O–H groups in total. The Balaban J connectivity index is 1.92. The van der Waals surface area contributed by atoms with E-state index in [-0.39, 0.29) is 18.5 Å². The van der Waals surface area contributed by atoms with Crippen molar-refractivity contribution in [2.24, 2.45) is 0 Å². The van der Waals surface area contributed by atoms with Crippen LogP contribution in [0.25, 0.3) is 0 Å². The second kappa shape index (κ2) is 9.56. The van der Waals surface area contributed by atoms with Gasteiger partial charge in [-0.3, -0.25) is 9.78 Å². The van der Waals surface area contributed by atoms with Crippen LogP contribution in [0.3, 0.4) is 0 Å². The molecule has 2 rings (SSSR count). The number of rotatable bonds is 8. The van der Waals surface area contributed by atoms with Crippen LogP contribution in [0.1, 0.15) is 35.4 Å². The Labute approximate surface area is 153 Å². The molecule has 1 aromatic heterocycles. The maximum Gasteiger partial charge on any atom is 0.315 e. The summed E-state index contributed by atoms with van der Waals surface area (Å²) in [6.07, 6.45) is 0.987. The number of carbonyl (C=O) groups is 2. The van der Waals surface area contributed by atoms with Gasteiger partial charge in [-0.2, -0.15) is 0 Å². The molecule has 1 heterocycles. The average molecular weight is 355 g/mol. The molecule has 6 nitrogen and oxygen atoms in total. The molecule has 0 fully saturated rings. The van der Waals surface area contributed by atoms with Crippen LogP contribution < -0.4 is 10.6 Å². The van der Waals surface area contributed by atoms with Crippen molar-refractivity contribution in [1.29, 1.82) is 0 Å². The normalized spacial score (nSPS) is 11.6. The van der Waals surface area contributed by atoms with Crippen molar-refractivity contribution < 1.29 is 14.7 Å². The fourth-order valence-electron chi connectivity index (χ4n) is 2.86. The van der Waals surface area contributed by atoms with E-state index in [4.69, 9.17) is 5.11 Å². The van der Waals surface area contributed by atoms with Crippen LogP contribution in [0, 0.1) is 13.8 Å². The molecule has 0 aliphatic rings. The summed E-state index contributed by atoms with van der Waals surface area (Å²) >= 11 is 0. The molecule has 0 spiro atoms. The summed E-state index contributed by atoms with van der Waals surface area (Å²) in [6, 6.07) is 13.0. The number of hydrogen-bond acceptors (Lipinski definition) is 3. The van der Waals surface area contributed by atoms with Crippen molar-refractivity contribution >= 4 is 12.0 Å². The fraction of sp³-hybridized carbons (Fsp3) is 0.350. The van der Waals surface area contributed by atoms with E-state index >= 15 is 0 Å². The van der Waals surface area contributed by atoms with Crippen molar-refractivity contribution in [2.45, 2.75) is 45.7 Å². The molecular formula is C20H25N3O3. The van der Waals surface area contributed by atoms with E-state index in [0.29, 0.717) is 19.4 Å². The largest absolute Gasteiger partial charge is 0.481 e. The molecule has 26 heavy (non-hydrogen) atoms. The van der Waals surface area contributed by atoms with Gasteiger partial charge in [-0.15, -0.1) is 0 Å². The number of carboxylic acids is 1. The standard InChI is InChI=1S/C20H25N3O3/c1-14-10-17(11-15(2)22-14)13-21-20(26)23-18(8-9-19(24)25)12-16-6-4-3-5-7-16/h3-7,10-11,18H,8-9,12-13H2,1-2H3,(H,24,25)(H2,21,23,26). The third kappa shape index (κ3) is 6.93. The summed E-state index contributed by atoms with van der Waals surface area (Å²) in [5, 5.41) is 14.7. The molecule has 0 saturated heterocycles. The zero-order valence-electron chi connectivity index (χ0n) is 15.2. The molecule has 0 radical (unpaired) electrons. The predicted molar refractivity (Wildman–Crippen MR) is 99.9 cm³/mol. The predicted octanol–water partition coefficient (Wildman–Crippen LogP) is 2.97. The number of amides is 2. The van der Waals surface area contributed by atoms with Crippen LogP contribution in [0.5, 0.6) is 0 Å². The van der Waals surface area contributed by atoms with E-state index in [1.54, 1.807) is 0 Å². The van der Waals surface area contributed by atoms with E-state index in [2.05, 4.69) is 15.6 Å². The van der Waals surface area contributed by atoms with Gasteiger partial charge in [0, 0.05) is 30.4 Å². The number of carbonyl (C=O) groups excluding carboxylic acids is 1. The van der Waals surface area contributed by atoms with E-state index in [9.17, 15) is 9.59 Å². The highest BCUT2D eigenvalue weighted by Gasteiger charge is 2.14. The molecule has 0 bridgehead atoms. The van der Waals surface area contributed by atoms with Gasteiger partial charge in [0.05, 0.1) is 0 Å². The van der Waals surface area contributed by atoms with Crippen molar-refractivity contribution in [3.8, 4) is 0 Å². The summed E-state index contributed by atoms with van der Waals surface area (Å²) in [7, 11) is 0. The van der Waals surface area contributed by atoms with E-state index in [1.165, 1.54) is 0 Å². The summed E-state index contributed by atoms with van der Waals surface area (Å²) in [4.78, 5) is 27.4. The Morgan fingerprint density at radius 3 is 2.35 bits per heavy atom. The molecular weight excluding hydrogens is 330 g/mol. The first kappa shape index (κ1) is 19.4. The molecule has 138 valence electrons. The van der Waals surface area contributed by atoms with E-state index in [1.807, 2.05) is 56.3 Å². The van der Waals surface area contributed by atoms with E-state index < -0.39 is 5.97 Å². The SMILES string of the molecule is Cc1cc(CNC(=O)NC(CCC(=O)O)Cc2ccccc2)cc(C)n1. The van der Waals surface area contributed by atoms with Crippen molar-refractivity contribution in [3.63, 3.8) is 0 Å². The monoisotopic (exact) mass is 355 g/mol. The Kier molecular flexibility index (Phi) is 7.14. The van der Waals surface area contributed by atoms with Gasteiger partial charge in [0.15, 0.2) is 0 Å². The van der Waals surface area contributed by atoms with Gasteiger partial charge in [-0.1, -0.05) is 30.3 Å². The lowest BCUT2D eigenvalue weighted by molar-refractivity contribution is -0.137. The lowest BCUT2D eigenvalue weighted by atomic mass is 10.0. The first-order chi connectivity index (χ1) is 12.4. The zero-order valence-corrected chi connectivity index (χ0v) is 15.2. The number of nitrogens with one attached hydrogen (secondary N) is 2. The smallest absolute Gasteiger partial charge is 0.315 e.